The predicted molar refractivity (Wildman–Crippen MR) is 246 cm³/mol. The molecule has 0 radical (unpaired) electrons. The number of aliphatic hydroxyl groups excluding tert-OH is 14. The summed E-state index contributed by atoms with van der Waals surface area (Å²) >= 11 is 0. The molecule has 8 rings (SSSR count). The van der Waals surface area contributed by atoms with Crippen LogP contribution < -0.4 is 14.2 Å². The van der Waals surface area contributed by atoms with E-state index >= 15 is 0 Å². The Morgan fingerprint density at radius 2 is 1.05 bits per heavy atom. The van der Waals surface area contributed by atoms with E-state index in [1.54, 1.807) is 0 Å². The summed E-state index contributed by atoms with van der Waals surface area (Å²) in [7, 11) is 0. The van der Waals surface area contributed by atoms with Crippen LogP contribution in [0.15, 0.2) is 71.2 Å². The van der Waals surface area contributed by atoms with Crippen LogP contribution in [0.4, 0.5) is 0 Å². The molecule has 5 heterocycles. The zero-order valence-corrected chi connectivity index (χ0v) is 39.4. The van der Waals surface area contributed by atoms with Gasteiger partial charge in [-0.25, -0.2) is 9.21 Å². The highest BCUT2D eigenvalue weighted by atomic mass is 16.8. The van der Waals surface area contributed by atoms with Crippen molar-refractivity contribution in [1.29, 1.82) is 0 Å². The van der Waals surface area contributed by atoms with Crippen LogP contribution in [-0.2, 0) is 33.2 Å². The van der Waals surface area contributed by atoms with Crippen molar-refractivity contribution in [3.63, 3.8) is 0 Å². The maximum absolute atomic E-state index is 13.1. The van der Waals surface area contributed by atoms with Gasteiger partial charge in [0.15, 0.2) is 23.9 Å². The second kappa shape index (κ2) is 23.9. The number of phenolic OH excluding ortho intramolecular Hbond substituents is 3. The summed E-state index contributed by atoms with van der Waals surface area (Å²) in [5.74, 6) is -3.72. The minimum absolute atomic E-state index is 0.0389. The van der Waals surface area contributed by atoms with Gasteiger partial charge in [0.1, 0.15) is 121 Å². The molecule has 28 nitrogen and oxygen atoms in total. The van der Waals surface area contributed by atoms with Crippen molar-refractivity contribution in [1.82, 2.24) is 0 Å². The number of carbonyl (C=O) groups excluding carboxylic acids is 1. The molecule has 20 unspecified atom stereocenters. The number of aliphatic hydroxyl groups is 14. The van der Waals surface area contributed by atoms with Crippen LogP contribution in [0.1, 0.15) is 5.56 Å². The fourth-order valence-electron chi connectivity index (χ4n) is 8.59. The summed E-state index contributed by atoms with van der Waals surface area (Å²) in [5.41, 5.74) is 0.154. The molecule has 28 heteroatoms. The number of esters is 1. The average molecular weight is 1080 g/mol. The first-order valence-electron chi connectivity index (χ1n) is 23.4. The summed E-state index contributed by atoms with van der Waals surface area (Å²) in [6.07, 6.45) is -33.4. The smallest absolute Gasteiger partial charge is 0.402 e. The molecular formula is C48H57O28+. The molecule has 17 N–H and O–H groups in total. The zero-order chi connectivity index (χ0) is 54.9. The van der Waals surface area contributed by atoms with E-state index in [4.69, 9.17) is 47.0 Å². The average Bonchev–Trinajstić information content (AvgIpc) is 3.42. The first-order chi connectivity index (χ1) is 36.2. The molecule has 20 atom stereocenters. The van der Waals surface area contributed by atoms with Crippen LogP contribution in [-0.4, -0.2) is 242 Å². The molecule has 0 spiro atoms. The molecule has 1 aromatic heterocycles. The van der Waals surface area contributed by atoms with E-state index in [1.165, 1.54) is 42.5 Å². The number of hydrogen-bond acceptors (Lipinski definition) is 27. The quantitative estimate of drug-likeness (QED) is 0.0216. The summed E-state index contributed by atoms with van der Waals surface area (Å²) in [6, 6.07) is 12.4. The first-order valence-corrected chi connectivity index (χ1v) is 23.4. The molecule has 416 valence electrons. The lowest BCUT2D eigenvalue weighted by Gasteiger charge is -2.45. The zero-order valence-electron chi connectivity index (χ0n) is 39.4. The van der Waals surface area contributed by atoms with Crippen molar-refractivity contribution in [2.45, 2.75) is 123 Å². The Morgan fingerprint density at radius 1 is 0.526 bits per heavy atom. The Morgan fingerprint density at radius 3 is 1.63 bits per heavy atom. The Labute approximate surface area is 428 Å². The summed E-state index contributed by atoms with van der Waals surface area (Å²) in [4.78, 5) is 13.1. The number of fused-ring (bicyclic) bond motifs is 1. The maximum atomic E-state index is 13.1. The molecule has 0 amide bonds. The second-order valence-electron chi connectivity index (χ2n) is 18.1. The minimum Gasteiger partial charge on any atom is -0.507 e. The number of hydrogen-bond donors (Lipinski definition) is 17. The van der Waals surface area contributed by atoms with E-state index in [9.17, 15) is 91.6 Å². The standard InChI is InChI=1S/C48H56O28/c49-13-27-32(56)36(60)40(64)45(72-27)68-20-5-1-17(2-6-20)3-8-31(55)67-16-30-35(59)39(63)44(76-47-42(66)38(62)34(58)29(15-51)74-47)48(75-30)71-26-12-21-24(69-43(26)18-4-7-22(53)23(54)9-18)10-19(52)11-25(21)70-46-41(65)37(61)33(57)28(14-50)73-46/h1-12,27-30,32-42,44-51,56-66H,13-16H2,(H2-,52,53,54)/p+1/b8-3+. The Balaban J connectivity index is 1.08. The first kappa shape index (κ1) is 56.5. The molecule has 0 bridgehead atoms. The predicted octanol–water partition coefficient (Wildman–Crippen LogP) is -4.88. The van der Waals surface area contributed by atoms with Crippen molar-refractivity contribution < 1.29 is 139 Å². The number of aromatic hydroxyl groups is 3. The number of rotatable bonds is 16. The summed E-state index contributed by atoms with van der Waals surface area (Å²) in [6.45, 7) is -3.19. The molecule has 76 heavy (non-hydrogen) atoms. The van der Waals surface area contributed by atoms with Gasteiger partial charge in [-0.15, -0.1) is 0 Å². The molecule has 4 fully saturated rings. The third-order valence-electron chi connectivity index (χ3n) is 12.9. The van der Waals surface area contributed by atoms with E-state index < -0.39 is 178 Å². The molecule has 4 saturated heterocycles. The van der Waals surface area contributed by atoms with Crippen molar-refractivity contribution >= 4 is 23.0 Å². The van der Waals surface area contributed by atoms with Crippen molar-refractivity contribution in [3.8, 4) is 45.8 Å². The van der Waals surface area contributed by atoms with Gasteiger partial charge in [0.2, 0.25) is 24.6 Å². The van der Waals surface area contributed by atoms with Gasteiger partial charge >= 0.3 is 17.3 Å². The van der Waals surface area contributed by atoms with Crippen LogP contribution >= 0.6 is 0 Å². The minimum atomic E-state index is -2.13. The van der Waals surface area contributed by atoms with Gasteiger partial charge < -0.3 is 129 Å². The molecule has 4 aliphatic rings. The largest absolute Gasteiger partial charge is 0.507 e. The van der Waals surface area contributed by atoms with Crippen LogP contribution in [0.3, 0.4) is 0 Å². The number of phenols is 3. The van der Waals surface area contributed by atoms with Crippen molar-refractivity contribution in [2.24, 2.45) is 0 Å². The van der Waals surface area contributed by atoms with Gasteiger partial charge in [0.05, 0.1) is 31.5 Å². The number of carbonyl (C=O) groups is 1. The third kappa shape index (κ3) is 11.9. The fraction of sp³-hybridized carbons (Fsp3) is 0.500. The molecule has 0 saturated carbocycles. The Hall–Kier alpha value is -5.68. The van der Waals surface area contributed by atoms with Crippen LogP contribution in [0.25, 0.3) is 28.4 Å². The van der Waals surface area contributed by atoms with Crippen molar-refractivity contribution in [3.05, 3.63) is 72.3 Å². The number of benzene rings is 3. The molecule has 4 aromatic rings. The van der Waals surface area contributed by atoms with Gasteiger partial charge in [0.25, 0.3) is 0 Å². The Bertz CT molecular complexity index is 2630. The highest BCUT2D eigenvalue weighted by Gasteiger charge is 2.53. The van der Waals surface area contributed by atoms with Crippen molar-refractivity contribution in [2.75, 3.05) is 26.4 Å². The maximum Gasteiger partial charge on any atom is 0.402 e. The lowest BCUT2D eigenvalue weighted by atomic mass is 9.97. The van der Waals surface area contributed by atoms with E-state index in [2.05, 4.69) is 0 Å². The summed E-state index contributed by atoms with van der Waals surface area (Å²) < 4.78 is 57.7. The third-order valence-corrected chi connectivity index (χ3v) is 12.9. The molecule has 3 aromatic carbocycles. The second-order valence-corrected chi connectivity index (χ2v) is 18.1. The van der Waals surface area contributed by atoms with E-state index in [1.807, 2.05) is 0 Å². The molecule has 0 aliphatic carbocycles. The SMILES string of the molecule is O=C(/C=C/c1ccc(OC2OC(CO)C(O)C(O)C2O)cc1)OCC1OC(Oc2cc3c(OC4OC(CO)C(O)C(O)C4O)cc(O)cc3[o+]c2-c2ccc(O)c(O)c2)C(OC2OC(CO)C(O)C(O)C2O)C(O)C1O. The Kier molecular flexibility index (Phi) is 17.8. The van der Waals surface area contributed by atoms with Crippen LogP contribution in [0.5, 0.6) is 34.5 Å². The van der Waals surface area contributed by atoms with E-state index in [0.29, 0.717) is 5.56 Å². The van der Waals surface area contributed by atoms with E-state index in [-0.39, 0.29) is 33.8 Å². The van der Waals surface area contributed by atoms with Crippen LogP contribution in [0.2, 0.25) is 0 Å². The normalized spacial score (nSPS) is 36.0. The van der Waals surface area contributed by atoms with E-state index in [0.717, 1.165) is 30.3 Å². The summed E-state index contributed by atoms with van der Waals surface area (Å²) in [5, 5.41) is 178. The topological polar surface area (TPSA) is 455 Å². The van der Waals surface area contributed by atoms with Gasteiger partial charge in [-0.3, -0.25) is 0 Å². The monoisotopic (exact) mass is 1080 g/mol. The highest BCUT2D eigenvalue weighted by molar-refractivity contribution is 5.89. The highest BCUT2D eigenvalue weighted by Crippen LogP contribution is 2.44. The van der Waals surface area contributed by atoms with Gasteiger partial charge in [-0.2, -0.15) is 0 Å². The van der Waals surface area contributed by atoms with Gasteiger partial charge in [0, 0.05) is 24.3 Å². The molecule has 4 aliphatic heterocycles. The van der Waals surface area contributed by atoms with Gasteiger partial charge in [-0.1, -0.05) is 12.1 Å². The lowest BCUT2D eigenvalue weighted by molar-refractivity contribution is -0.357. The molecular weight excluding hydrogens is 1020 g/mol. The number of ether oxygens (including phenoxy) is 9. The van der Waals surface area contributed by atoms with Gasteiger partial charge in [-0.05, 0) is 35.9 Å². The van der Waals surface area contributed by atoms with Crippen LogP contribution in [0, 0.1) is 0 Å². The fourth-order valence-corrected chi connectivity index (χ4v) is 8.59. The lowest BCUT2D eigenvalue weighted by Crippen LogP contribution is -2.65.